The number of hydrogen-bond acceptors (Lipinski definition) is 3. The number of amides is 1. The molecule has 1 amide bonds. The molecule has 4 aromatic rings. The third-order valence-corrected chi connectivity index (χ3v) is 4.86. The highest BCUT2D eigenvalue weighted by Crippen LogP contribution is 2.29. The van der Waals surface area contributed by atoms with E-state index < -0.39 is 11.6 Å². The Labute approximate surface area is 151 Å². The van der Waals surface area contributed by atoms with Crippen LogP contribution in [0.15, 0.2) is 53.9 Å². The van der Waals surface area contributed by atoms with Gasteiger partial charge < -0.3 is 5.32 Å². The lowest BCUT2D eigenvalue weighted by molar-refractivity contribution is 0.0951. The molecule has 2 aromatic carbocycles. The number of carbonyl (C=O) groups is 1. The van der Waals surface area contributed by atoms with Crippen molar-refractivity contribution in [1.82, 2.24) is 15.5 Å². The fourth-order valence-electron chi connectivity index (χ4n) is 2.75. The van der Waals surface area contributed by atoms with Crippen molar-refractivity contribution in [3.05, 3.63) is 76.0 Å². The van der Waals surface area contributed by atoms with Crippen molar-refractivity contribution in [3.8, 4) is 11.3 Å². The van der Waals surface area contributed by atoms with Crippen LogP contribution in [0.4, 0.5) is 8.78 Å². The predicted molar refractivity (Wildman–Crippen MR) is 96.9 cm³/mol. The minimum absolute atomic E-state index is 0.180. The van der Waals surface area contributed by atoms with Crippen molar-refractivity contribution in [2.75, 3.05) is 0 Å². The van der Waals surface area contributed by atoms with Crippen molar-refractivity contribution in [1.29, 1.82) is 0 Å². The average molecular weight is 369 g/mol. The maximum atomic E-state index is 14.4. The van der Waals surface area contributed by atoms with Gasteiger partial charge in [-0.15, -0.1) is 11.3 Å². The van der Waals surface area contributed by atoms with E-state index >= 15 is 0 Å². The number of hydrogen-bond donors (Lipinski definition) is 2. The van der Waals surface area contributed by atoms with E-state index in [0.717, 1.165) is 4.88 Å². The average Bonchev–Trinajstić information content (AvgIpc) is 3.29. The highest BCUT2D eigenvalue weighted by Gasteiger charge is 2.16. The Balaban J connectivity index is 1.70. The molecule has 0 aliphatic carbocycles. The summed E-state index contributed by atoms with van der Waals surface area (Å²) < 4.78 is 27.9. The quantitative estimate of drug-likeness (QED) is 0.556. The lowest BCUT2D eigenvalue weighted by Crippen LogP contribution is -2.22. The fraction of sp³-hybridized carbons (Fsp3) is 0.0526. The third-order valence-electron chi connectivity index (χ3n) is 3.99. The Bertz CT molecular complexity index is 1090. The van der Waals surface area contributed by atoms with E-state index in [1.165, 1.54) is 29.5 Å². The number of H-pyrrole nitrogens is 1. The van der Waals surface area contributed by atoms with Crippen LogP contribution in [0.25, 0.3) is 22.2 Å². The van der Waals surface area contributed by atoms with E-state index in [2.05, 4.69) is 15.5 Å². The summed E-state index contributed by atoms with van der Waals surface area (Å²) in [5.41, 5.74) is 1.27. The molecule has 2 aromatic heterocycles. The van der Waals surface area contributed by atoms with E-state index in [9.17, 15) is 13.6 Å². The maximum absolute atomic E-state index is 14.4. The summed E-state index contributed by atoms with van der Waals surface area (Å²) in [4.78, 5) is 13.4. The Morgan fingerprint density at radius 2 is 2.04 bits per heavy atom. The van der Waals surface area contributed by atoms with Crippen LogP contribution in [0.5, 0.6) is 0 Å². The van der Waals surface area contributed by atoms with Crippen LogP contribution in [-0.2, 0) is 6.54 Å². The molecule has 0 aliphatic rings. The first kappa shape index (κ1) is 16.4. The van der Waals surface area contributed by atoms with Crippen LogP contribution in [0.3, 0.4) is 0 Å². The minimum Gasteiger partial charge on any atom is -0.347 e. The third kappa shape index (κ3) is 3.09. The monoisotopic (exact) mass is 369 g/mol. The summed E-state index contributed by atoms with van der Waals surface area (Å²) in [5, 5.41) is 11.8. The molecular formula is C19H13F2N3OS. The molecule has 130 valence electrons. The normalized spacial score (nSPS) is 11.0. The summed E-state index contributed by atoms with van der Waals surface area (Å²) in [7, 11) is 0. The number of aromatic amines is 1. The Morgan fingerprint density at radius 3 is 2.81 bits per heavy atom. The largest absolute Gasteiger partial charge is 0.347 e. The van der Waals surface area contributed by atoms with Crippen LogP contribution in [0.1, 0.15) is 15.2 Å². The van der Waals surface area contributed by atoms with Crippen molar-refractivity contribution in [2.24, 2.45) is 0 Å². The molecule has 0 bridgehead atoms. The van der Waals surface area contributed by atoms with Crippen LogP contribution < -0.4 is 5.32 Å². The highest BCUT2D eigenvalue weighted by atomic mass is 32.1. The second-order valence-electron chi connectivity index (χ2n) is 5.73. The summed E-state index contributed by atoms with van der Waals surface area (Å²) in [6.45, 7) is 0.373. The molecule has 0 aliphatic heterocycles. The Kier molecular flexibility index (Phi) is 4.22. The first-order valence-corrected chi connectivity index (χ1v) is 8.74. The molecule has 2 heterocycles. The van der Waals surface area contributed by atoms with E-state index in [4.69, 9.17) is 0 Å². The molecule has 4 nitrogen and oxygen atoms in total. The van der Waals surface area contributed by atoms with Gasteiger partial charge in [-0.3, -0.25) is 9.89 Å². The Hall–Kier alpha value is -3.06. The van der Waals surface area contributed by atoms with E-state index in [0.29, 0.717) is 23.2 Å². The van der Waals surface area contributed by atoms with Crippen molar-refractivity contribution >= 4 is 28.1 Å². The standard InChI is InChI=1S/C19H13F2N3OS/c20-13-4-1-3-11(7-13)17-15-8-12(9-16(21)18(15)24-23-17)19(25)22-10-14-5-2-6-26-14/h1-9H,10H2,(H,22,25)(H,23,24). The summed E-state index contributed by atoms with van der Waals surface area (Å²) in [5.74, 6) is -1.38. The molecule has 0 saturated heterocycles. The first-order valence-electron chi connectivity index (χ1n) is 7.86. The smallest absolute Gasteiger partial charge is 0.251 e. The number of carbonyl (C=O) groups excluding carboxylic acids is 1. The number of thiophene rings is 1. The number of fused-ring (bicyclic) bond motifs is 1. The van der Waals surface area contributed by atoms with Gasteiger partial charge in [0.2, 0.25) is 0 Å². The topological polar surface area (TPSA) is 57.8 Å². The lowest BCUT2D eigenvalue weighted by Gasteiger charge is -2.05. The van der Waals surface area contributed by atoms with Gasteiger partial charge in [-0.2, -0.15) is 5.10 Å². The zero-order valence-corrected chi connectivity index (χ0v) is 14.2. The predicted octanol–water partition coefficient (Wildman–Crippen LogP) is 4.50. The number of rotatable bonds is 4. The molecule has 26 heavy (non-hydrogen) atoms. The van der Waals surface area contributed by atoms with Crippen molar-refractivity contribution < 1.29 is 13.6 Å². The second kappa shape index (κ2) is 6.68. The molecule has 0 saturated carbocycles. The van der Waals surface area contributed by atoms with Gasteiger partial charge in [0.1, 0.15) is 22.8 Å². The van der Waals surface area contributed by atoms with Crippen LogP contribution in [-0.4, -0.2) is 16.1 Å². The van der Waals surface area contributed by atoms with Gasteiger partial charge in [-0.1, -0.05) is 18.2 Å². The molecule has 0 spiro atoms. The van der Waals surface area contributed by atoms with Gasteiger partial charge >= 0.3 is 0 Å². The van der Waals surface area contributed by atoms with Gasteiger partial charge in [-0.05, 0) is 35.7 Å². The second-order valence-corrected chi connectivity index (χ2v) is 6.76. The molecule has 0 unspecified atom stereocenters. The number of nitrogens with one attached hydrogen (secondary N) is 2. The number of aromatic nitrogens is 2. The molecule has 2 N–H and O–H groups in total. The Morgan fingerprint density at radius 1 is 1.15 bits per heavy atom. The van der Waals surface area contributed by atoms with Gasteiger partial charge in [0, 0.05) is 21.4 Å². The summed E-state index contributed by atoms with van der Waals surface area (Å²) in [6.07, 6.45) is 0. The van der Waals surface area contributed by atoms with Gasteiger partial charge in [0.05, 0.1) is 6.54 Å². The molecule has 0 radical (unpaired) electrons. The SMILES string of the molecule is O=C(NCc1cccs1)c1cc(F)c2[nH]nc(-c3cccc(F)c3)c2c1. The lowest BCUT2D eigenvalue weighted by atomic mass is 10.0. The minimum atomic E-state index is -0.584. The van der Waals surface area contributed by atoms with Crippen molar-refractivity contribution in [2.45, 2.75) is 6.54 Å². The molecule has 7 heteroatoms. The van der Waals surface area contributed by atoms with Gasteiger partial charge in [0.15, 0.2) is 0 Å². The first-order chi connectivity index (χ1) is 12.6. The fourth-order valence-corrected chi connectivity index (χ4v) is 3.39. The number of benzene rings is 2. The van der Waals surface area contributed by atoms with E-state index in [1.54, 1.807) is 18.2 Å². The van der Waals surface area contributed by atoms with Crippen LogP contribution in [0, 0.1) is 11.6 Å². The summed E-state index contributed by atoms with van der Waals surface area (Å²) >= 11 is 1.53. The van der Waals surface area contributed by atoms with E-state index in [1.807, 2.05) is 17.5 Å². The highest BCUT2D eigenvalue weighted by molar-refractivity contribution is 7.09. The molecule has 0 fully saturated rings. The number of halogens is 2. The van der Waals surface area contributed by atoms with Gasteiger partial charge in [-0.25, -0.2) is 8.78 Å². The molecule has 0 atom stereocenters. The maximum Gasteiger partial charge on any atom is 0.251 e. The van der Waals surface area contributed by atoms with Crippen molar-refractivity contribution in [3.63, 3.8) is 0 Å². The molecule has 4 rings (SSSR count). The van der Waals surface area contributed by atoms with Crippen LogP contribution in [0.2, 0.25) is 0 Å². The van der Waals surface area contributed by atoms with E-state index in [-0.39, 0.29) is 17.0 Å². The number of nitrogens with zero attached hydrogens (tertiary/aromatic N) is 1. The van der Waals surface area contributed by atoms with Crippen LogP contribution >= 0.6 is 11.3 Å². The summed E-state index contributed by atoms with van der Waals surface area (Å²) in [6, 6.07) is 12.4. The van der Waals surface area contributed by atoms with Gasteiger partial charge in [0.25, 0.3) is 5.91 Å². The zero-order valence-electron chi connectivity index (χ0n) is 13.4. The zero-order chi connectivity index (χ0) is 18.1. The molecular weight excluding hydrogens is 356 g/mol.